The van der Waals surface area contributed by atoms with Crippen LogP contribution in [-0.2, 0) is 9.59 Å². The zero-order valence-corrected chi connectivity index (χ0v) is 19.3. The summed E-state index contributed by atoms with van der Waals surface area (Å²) in [5, 5.41) is 2.66. The molecule has 150 valence electrons. The van der Waals surface area contributed by atoms with Crippen LogP contribution in [0, 0.1) is 17.4 Å². The molecule has 1 fully saturated rings. The van der Waals surface area contributed by atoms with Crippen molar-refractivity contribution < 1.29 is 19.1 Å². The van der Waals surface area contributed by atoms with Gasteiger partial charge in [-0.05, 0) is 95.7 Å². The average molecular weight is 522 g/mol. The van der Waals surface area contributed by atoms with E-state index in [0.29, 0.717) is 22.7 Å². The number of nitrogens with one attached hydrogen (secondary N) is 1. The Bertz CT molecular complexity index is 1040. The number of amides is 2. The van der Waals surface area contributed by atoms with Gasteiger partial charge in [-0.1, -0.05) is 6.07 Å². The molecular formula is C21H19IN2O4S. The molecule has 0 aromatic heterocycles. The molecule has 0 radical (unpaired) electrons. The lowest BCUT2D eigenvalue weighted by atomic mass is 10.1. The smallest absolute Gasteiger partial charge is 0.270 e. The molecule has 1 aliphatic heterocycles. The highest BCUT2D eigenvalue weighted by molar-refractivity contribution is 14.1. The molecule has 0 spiro atoms. The lowest BCUT2D eigenvalue weighted by Gasteiger charge is -2.29. The number of thiocarbonyl (C=S) groups is 1. The van der Waals surface area contributed by atoms with Gasteiger partial charge in [0.15, 0.2) is 16.6 Å². The molecule has 2 aromatic carbocycles. The molecule has 0 bridgehead atoms. The summed E-state index contributed by atoms with van der Waals surface area (Å²) in [5.41, 5.74) is 3.23. The molecule has 0 atom stereocenters. The van der Waals surface area contributed by atoms with E-state index in [4.69, 9.17) is 21.7 Å². The third kappa shape index (κ3) is 4.27. The molecule has 8 heteroatoms. The summed E-state index contributed by atoms with van der Waals surface area (Å²) in [7, 11) is 3.09. The number of hydrogen-bond acceptors (Lipinski definition) is 5. The van der Waals surface area contributed by atoms with Crippen molar-refractivity contribution >= 4 is 63.5 Å². The van der Waals surface area contributed by atoms with Gasteiger partial charge in [-0.3, -0.25) is 19.8 Å². The molecular weight excluding hydrogens is 503 g/mol. The number of methoxy groups -OCH3 is 2. The van der Waals surface area contributed by atoms with Gasteiger partial charge in [0.25, 0.3) is 11.8 Å². The van der Waals surface area contributed by atoms with E-state index in [2.05, 4.69) is 27.9 Å². The number of nitrogens with zero attached hydrogens (tertiary/aromatic N) is 1. The number of aryl methyl sites for hydroxylation is 2. The Balaban J connectivity index is 2.07. The SMILES string of the molecule is COc1cc(/C=C2\C(=O)NC(=S)N(c3cc(C)cc(C)c3)C2=O)cc(I)c1OC. The monoisotopic (exact) mass is 522 g/mol. The van der Waals surface area contributed by atoms with Crippen LogP contribution < -0.4 is 19.7 Å². The summed E-state index contributed by atoms with van der Waals surface area (Å²) in [5.74, 6) is 0.0864. The van der Waals surface area contributed by atoms with Crippen molar-refractivity contribution in [2.24, 2.45) is 0 Å². The van der Waals surface area contributed by atoms with Crippen molar-refractivity contribution in [1.82, 2.24) is 5.32 Å². The Morgan fingerprint density at radius 3 is 2.28 bits per heavy atom. The van der Waals surface area contributed by atoms with Crippen LogP contribution in [0.15, 0.2) is 35.9 Å². The maximum absolute atomic E-state index is 13.2. The molecule has 3 rings (SSSR count). The van der Waals surface area contributed by atoms with E-state index in [1.807, 2.05) is 38.1 Å². The van der Waals surface area contributed by atoms with Crippen LogP contribution in [0.25, 0.3) is 6.08 Å². The average Bonchev–Trinajstić information content (AvgIpc) is 2.63. The van der Waals surface area contributed by atoms with Crippen LogP contribution >= 0.6 is 34.8 Å². The van der Waals surface area contributed by atoms with Crippen molar-refractivity contribution in [2.45, 2.75) is 13.8 Å². The highest BCUT2D eigenvalue weighted by atomic mass is 127. The lowest BCUT2D eigenvalue weighted by molar-refractivity contribution is -0.122. The van der Waals surface area contributed by atoms with Crippen molar-refractivity contribution in [2.75, 3.05) is 19.1 Å². The highest BCUT2D eigenvalue weighted by Crippen LogP contribution is 2.34. The number of halogens is 1. The second-order valence-corrected chi connectivity index (χ2v) is 8.09. The number of ether oxygens (including phenoxy) is 2. The zero-order chi connectivity index (χ0) is 21.3. The van der Waals surface area contributed by atoms with Crippen LogP contribution in [0.2, 0.25) is 0 Å². The van der Waals surface area contributed by atoms with Gasteiger partial charge < -0.3 is 9.47 Å². The molecule has 0 aliphatic carbocycles. The van der Waals surface area contributed by atoms with Crippen molar-refractivity contribution in [3.63, 3.8) is 0 Å². The van der Waals surface area contributed by atoms with Crippen LogP contribution in [0.3, 0.4) is 0 Å². The van der Waals surface area contributed by atoms with E-state index >= 15 is 0 Å². The van der Waals surface area contributed by atoms with Gasteiger partial charge in [0, 0.05) is 0 Å². The van der Waals surface area contributed by atoms with E-state index in [1.165, 1.54) is 18.1 Å². The minimum Gasteiger partial charge on any atom is -0.493 e. The van der Waals surface area contributed by atoms with E-state index in [9.17, 15) is 9.59 Å². The maximum atomic E-state index is 13.2. The Kier molecular flexibility index (Phi) is 6.23. The number of hydrogen-bond donors (Lipinski definition) is 1. The van der Waals surface area contributed by atoms with Gasteiger partial charge >= 0.3 is 0 Å². The normalized spacial score (nSPS) is 15.6. The number of anilines is 1. The summed E-state index contributed by atoms with van der Waals surface area (Å²) in [6.07, 6.45) is 1.53. The Labute approximate surface area is 188 Å². The number of rotatable bonds is 4. The summed E-state index contributed by atoms with van der Waals surface area (Å²) in [6, 6.07) is 9.23. The van der Waals surface area contributed by atoms with Gasteiger partial charge in [0.1, 0.15) is 5.57 Å². The quantitative estimate of drug-likeness (QED) is 0.287. The first-order chi connectivity index (χ1) is 13.7. The largest absolute Gasteiger partial charge is 0.493 e. The second-order valence-electron chi connectivity index (χ2n) is 6.54. The summed E-state index contributed by atoms with van der Waals surface area (Å²) < 4.78 is 11.5. The van der Waals surface area contributed by atoms with E-state index in [1.54, 1.807) is 13.2 Å². The third-order valence-corrected chi connectivity index (χ3v) is 5.42. The molecule has 0 unspecified atom stereocenters. The summed E-state index contributed by atoms with van der Waals surface area (Å²) in [6.45, 7) is 3.88. The molecule has 2 aromatic rings. The molecule has 2 amide bonds. The van der Waals surface area contributed by atoms with Gasteiger partial charge in [0.05, 0.1) is 23.5 Å². The number of benzene rings is 2. The molecule has 1 N–H and O–H groups in total. The Hall–Kier alpha value is -2.46. The Morgan fingerprint density at radius 1 is 1.03 bits per heavy atom. The summed E-state index contributed by atoms with van der Waals surface area (Å²) >= 11 is 7.38. The van der Waals surface area contributed by atoms with Gasteiger partial charge in [0.2, 0.25) is 0 Å². The van der Waals surface area contributed by atoms with E-state index in [-0.39, 0.29) is 10.7 Å². The highest BCUT2D eigenvalue weighted by Gasteiger charge is 2.34. The topological polar surface area (TPSA) is 67.9 Å². The van der Waals surface area contributed by atoms with Crippen molar-refractivity contribution in [3.8, 4) is 11.5 Å². The minimum atomic E-state index is -0.537. The first-order valence-corrected chi connectivity index (χ1v) is 10.1. The van der Waals surface area contributed by atoms with Crippen LogP contribution in [-0.4, -0.2) is 31.1 Å². The van der Waals surface area contributed by atoms with Crippen LogP contribution in [0.4, 0.5) is 5.69 Å². The second kappa shape index (κ2) is 8.50. The Morgan fingerprint density at radius 2 is 1.69 bits per heavy atom. The third-order valence-electron chi connectivity index (χ3n) is 4.33. The molecule has 0 saturated carbocycles. The lowest BCUT2D eigenvalue weighted by Crippen LogP contribution is -2.54. The van der Waals surface area contributed by atoms with Crippen LogP contribution in [0.1, 0.15) is 16.7 Å². The number of carbonyl (C=O) groups excluding carboxylic acids is 2. The first-order valence-electron chi connectivity index (χ1n) is 8.66. The first kappa shape index (κ1) is 21.3. The predicted molar refractivity (Wildman–Crippen MR) is 124 cm³/mol. The molecule has 1 heterocycles. The predicted octanol–water partition coefficient (Wildman–Crippen LogP) is 3.76. The fourth-order valence-electron chi connectivity index (χ4n) is 3.16. The zero-order valence-electron chi connectivity index (χ0n) is 16.3. The van der Waals surface area contributed by atoms with E-state index in [0.717, 1.165) is 14.7 Å². The summed E-state index contributed by atoms with van der Waals surface area (Å²) in [4.78, 5) is 27.0. The molecule has 1 aliphatic rings. The van der Waals surface area contributed by atoms with Gasteiger partial charge in [-0.15, -0.1) is 0 Å². The van der Waals surface area contributed by atoms with E-state index < -0.39 is 11.8 Å². The fraction of sp³-hybridized carbons (Fsp3) is 0.190. The minimum absolute atomic E-state index is 0.0132. The molecule has 29 heavy (non-hydrogen) atoms. The molecule has 6 nitrogen and oxygen atoms in total. The van der Waals surface area contributed by atoms with Gasteiger partial charge in [-0.25, -0.2) is 0 Å². The number of carbonyl (C=O) groups is 2. The fourth-order valence-corrected chi connectivity index (χ4v) is 4.29. The van der Waals surface area contributed by atoms with Gasteiger partial charge in [-0.2, -0.15) is 0 Å². The van der Waals surface area contributed by atoms with Crippen molar-refractivity contribution in [3.05, 3.63) is 56.2 Å². The standard InChI is InChI=1S/C21H19IN2O4S/c1-11-5-12(2)7-14(6-11)24-20(26)15(19(25)23-21(24)29)8-13-9-16(22)18(28-4)17(10-13)27-3/h5-10H,1-4H3,(H,23,25,29)/b15-8+. The molecule has 1 saturated heterocycles. The van der Waals surface area contributed by atoms with Crippen molar-refractivity contribution in [1.29, 1.82) is 0 Å². The van der Waals surface area contributed by atoms with Crippen LogP contribution in [0.5, 0.6) is 11.5 Å². The maximum Gasteiger partial charge on any atom is 0.270 e.